The number of aliphatic carboxylic acids is 1. The van der Waals surface area contributed by atoms with Crippen LogP contribution in [0.1, 0.15) is 10.4 Å². The molecular formula is C14H18N2O4. The van der Waals surface area contributed by atoms with Crippen molar-refractivity contribution in [1.29, 1.82) is 0 Å². The number of carboxylic acids is 1. The van der Waals surface area contributed by atoms with Crippen LogP contribution in [0.2, 0.25) is 0 Å². The van der Waals surface area contributed by atoms with Gasteiger partial charge >= 0.3 is 5.97 Å². The van der Waals surface area contributed by atoms with Crippen LogP contribution in [0.3, 0.4) is 0 Å². The molecule has 0 atom stereocenters. The number of benzene rings is 1. The standard InChI is InChI=1S/C14H18N2O4/c17-13(18)10-16(11-15-6-8-20-9-7-15)14(19)12-4-2-1-3-5-12/h1-5H,6-11H2,(H,17,18). The Bertz CT molecular complexity index is 458. The highest BCUT2D eigenvalue weighted by Crippen LogP contribution is 2.07. The minimum Gasteiger partial charge on any atom is -0.480 e. The van der Waals surface area contributed by atoms with E-state index >= 15 is 0 Å². The summed E-state index contributed by atoms with van der Waals surface area (Å²) < 4.78 is 5.25. The molecule has 0 unspecified atom stereocenters. The Morgan fingerprint density at radius 2 is 1.85 bits per heavy atom. The van der Waals surface area contributed by atoms with Crippen molar-refractivity contribution >= 4 is 11.9 Å². The van der Waals surface area contributed by atoms with Crippen LogP contribution in [0.4, 0.5) is 0 Å². The molecule has 108 valence electrons. The molecule has 1 aromatic carbocycles. The van der Waals surface area contributed by atoms with Crippen molar-refractivity contribution in [2.75, 3.05) is 39.5 Å². The first-order chi connectivity index (χ1) is 9.66. The summed E-state index contributed by atoms with van der Waals surface area (Å²) in [7, 11) is 0. The van der Waals surface area contributed by atoms with Crippen LogP contribution >= 0.6 is 0 Å². The number of amides is 1. The Morgan fingerprint density at radius 1 is 1.20 bits per heavy atom. The van der Waals surface area contributed by atoms with Crippen LogP contribution in [0.25, 0.3) is 0 Å². The maximum absolute atomic E-state index is 12.4. The van der Waals surface area contributed by atoms with E-state index in [0.29, 0.717) is 38.5 Å². The Kier molecular flexibility index (Phi) is 5.09. The summed E-state index contributed by atoms with van der Waals surface area (Å²) in [5.41, 5.74) is 0.502. The zero-order valence-electron chi connectivity index (χ0n) is 11.2. The van der Waals surface area contributed by atoms with Crippen molar-refractivity contribution in [2.24, 2.45) is 0 Å². The van der Waals surface area contributed by atoms with Crippen molar-refractivity contribution in [2.45, 2.75) is 0 Å². The lowest BCUT2D eigenvalue weighted by Gasteiger charge is -2.32. The number of hydrogen-bond acceptors (Lipinski definition) is 4. The molecule has 1 heterocycles. The Hall–Kier alpha value is -1.92. The van der Waals surface area contributed by atoms with Crippen LogP contribution < -0.4 is 0 Å². The minimum atomic E-state index is -1.01. The van der Waals surface area contributed by atoms with E-state index in [1.54, 1.807) is 24.3 Å². The Morgan fingerprint density at radius 3 is 2.45 bits per heavy atom. The van der Waals surface area contributed by atoms with E-state index in [4.69, 9.17) is 9.84 Å². The Balaban J connectivity index is 2.06. The SMILES string of the molecule is O=C(O)CN(CN1CCOCC1)C(=O)c1ccccc1. The van der Waals surface area contributed by atoms with Crippen LogP contribution in [0.5, 0.6) is 0 Å². The highest BCUT2D eigenvalue weighted by molar-refractivity contribution is 5.95. The maximum atomic E-state index is 12.4. The van der Waals surface area contributed by atoms with Crippen LogP contribution in [-0.2, 0) is 9.53 Å². The van der Waals surface area contributed by atoms with Gasteiger partial charge in [0.1, 0.15) is 6.54 Å². The van der Waals surface area contributed by atoms with Gasteiger partial charge in [0.25, 0.3) is 5.91 Å². The smallest absolute Gasteiger partial charge is 0.323 e. The normalized spacial score (nSPS) is 15.8. The number of morpholine rings is 1. The van der Waals surface area contributed by atoms with Crippen LogP contribution in [-0.4, -0.2) is 66.3 Å². The first kappa shape index (κ1) is 14.5. The van der Waals surface area contributed by atoms with Crippen molar-refractivity contribution in [3.05, 3.63) is 35.9 Å². The van der Waals surface area contributed by atoms with Gasteiger partial charge in [-0.05, 0) is 12.1 Å². The summed E-state index contributed by atoms with van der Waals surface area (Å²) >= 11 is 0. The minimum absolute atomic E-state index is 0.264. The first-order valence-corrected chi connectivity index (χ1v) is 6.53. The molecule has 1 fully saturated rings. The fourth-order valence-electron chi connectivity index (χ4n) is 2.10. The maximum Gasteiger partial charge on any atom is 0.323 e. The quantitative estimate of drug-likeness (QED) is 0.849. The molecule has 0 aliphatic carbocycles. The van der Waals surface area contributed by atoms with Crippen molar-refractivity contribution in [3.63, 3.8) is 0 Å². The fraction of sp³-hybridized carbons (Fsp3) is 0.429. The highest BCUT2D eigenvalue weighted by atomic mass is 16.5. The molecule has 1 aromatic rings. The average Bonchev–Trinajstić information content (AvgIpc) is 2.47. The van der Waals surface area contributed by atoms with Crippen molar-refractivity contribution in [1.82, 2.24) is 9.80 Å². The molecule has 1 saturated heterocycles. The van der Waals surface area contributed by atoms with Gasteiger partial charge in [0.15, 0.2) is 0 Å². The number of hydrogen-bond donors (Lipinski definition) is 1. The molecule has 6 nitrogen and oxygen atoms in total. The largest absolute Gasteiger partial charge is 0.480 e. The lowest BCUT2D eigenvalue weighted by atomic mass is 10.2. The summed E-state index contributed by atoms with van der Waals surface area (Å²) in [6.07, 6.45) is 0. The van der Waals surface area contributed by atoms with Gasteiger partial charge in [-0.25, -0.2) is 0 Å². The van der Waals surface area contributed by atoms with E-state index in [1.807, 2.05) is 11.0 Å². The summed E-state index contributed by atoms with van der Waals surface area (Å²) in [6.45, 7) is 2.64. The predicted molar refractivity (Wildman–Crippen MR) is 72.4 cm³/mol. The number of rotatable bonds is 5. The van der Waals surface area contributed by atoms with Gasteiger partial charge in [0, 0.05) is 18.7 Å². The number of carboxylic acid groups (broad SMARTS) is 1. The summed E-state index contributed by atoms with van der Waals surface area (Å²) in [4.78, 5) is 26.7. The molecule has 0 spiro atoms. The van der Waals surface area contributed by atoms with E-state index in [1.165, 1.54) is 4.90 Å². The van der Waals surface area contributed by atoms with Gasteiger partial charge in [-0.2, -0.15) is 0 Å². The third-order valence-corrected chi connectivity index (χ3v) is 3.11. The molecule has 0 radical (unpaired) electrons. The van der Waals surface area contributed by atoms with Gasteiger partial charge in [-0.1, -0.05) is 18.2 Å². The van der Waals surface area contributed by atoms with E-state index < -0.39 is 5.97 Å². The zero-order chi connectivity index (χ0) is 14.4. The molecule has 0 bridgehead atoms. The number of ether oxygens (including phenoxy) is 1. The molecule has 20 heavy (non-hydrogen) atoms. The molecule has 2 rings (SSSR count). The lowest BCUT2D eigenvalue weighted by molar-refractivity contribution is -0.138. The van der Waals surface area contributed by atoms with Crippen LogP contribution in [0, 0.1) is 0 Å². The van der Waals surface area contributed by atoms with Crippen molar-refractivity contribution in [3.8, 4) is 0 Å². The molecule has 0 saturated carbocycles. The average molecular weight is 278 g/mol. The number of carbonyl (C=O) groups is 2. The van der Waals surface area contributed by atoms with Gasteiger partial charge < -0.3 is 14.7 Å². The molecule has 1 amide bonds. The fourth-order valence-corrected chi connectivity index (χ4v) is 2.10. The number of carbonyl (C=O) groups excluding carboxylic acids is 1. The monoisotopic (exact) mass is 278 g/mol. The lowest BCUT2D eigenvalue weighted by Crippen LogP contribution is -2.47. The topological polar surface area (TPSA) is 70.1 Å². The van der Waals surface area contributed by atoms with Gasteiger partial charge in [-0.3, -0.25) is 14.5 Å². The molecule has 1 aliphatic heterocycles. The predicted octanol–water partition coefficient (Wildman–Crippen LogP) is 0.503. The van der Waals surface area contributed by atoms with Gasteiger partial charge in [-0.15, -0.1) is 0 Å². The molecule has 0 aromatic heterocycles. The van der Waals surface area contributed by atoms with Gasteiger partial charge in [0.05, 0.1) is 19.9 Å². The second-order valence-electron chi connectivity index (χ2n) is 4.63. The molecular weight excluding hydrogens is 260 g/mol. The third-order valence-electron chi connectivity index (χ3n) is 3.11. The summed E-state index contributed by atoms with van der Waals surface area (Å²) in [6, 6.07) is 8.73. The highest BCUT2D eigenvalue weighted by Gasteiger charge is 2.22. The molecule has 6 heteroatoms. The second kappa shape index (κ2) is 7.02. The molecule has 1 aliphatic rings. The summed E-state index contributed by atoms with van der Waals surface area (Å²) in [5, 5.41) is 8.97. The van der Waals surface area contributed by atoms with Gasteiger partial charge in [0.2, 0.25) is 0 Å². The summed E-state index contributed by atoms with van der Waals surface area (Å²) in [5.74, 6) is -1.28. The first-order valence-electron chi connectivity index (χ1n) is 6.53. The van der Waals surface area contributed by atoms with Crippen LogP contribution in [0.15, 0.2) is 30.3 Å². The number of nitrogens with zero attached hydrogens (tertiary/aromatic N) is 2. The van der Waals surface area contributed by atoms with E-state index in [0.717, 1.165) is 0 Å². The third kappa shape index (κ3) is 4.04. The van der Waals surface area contributed by atoms with E-state index in [2.05, 4.69) is 0 Å². The Labute approximate surface area is 117 Å². The van der Waals surface area contributed by atoms with E-state index in [-0.39, 0.29) is 12.5 Å². The van der Waals surface area contributed by atoms with Crippen molar-refractivity contribution < 1.29 is 19.4 Å². The second-order valence-corrected chi connectivity index (χ2v) is 4.63. The van der Waals surface area contributed by atoms with E-state index in [9.17, 15) is 9.59 Å². The molecule has 1 N–H and O–H groups in total. The zero-order valence-corrected chi connectivity index (χ0v) is 11.2.